The molecule has 0 aromatic heterocycles. The molecule has 1 heterocycles. The molecular formula is C12H14BrNO2. The van der Waals surface area contributed by atoms with Gasteiger partial charge in [0.15, 0.2) is 11.5 Å². The van der Waals surface area contributed by atoms with Gasteiger partial charge in [0.05, 0.1) is 0 Å². The van der Waals surface area contributed by atoms with Crippen LogP contribution in [0.3, 0.4) is 0 Å². The second-order valence-electron chi connectivity index (χ2n) is 4.63. The Bertz CT molecular complexity index is 429. The van der Waals surface area contributed by atoms with Gasteiger partial charge in [0.2, 0.25) is 0 Å². The van der Waals surface area contributed by atoms with Crippen molar-refractivity contribution in [1.82, 2.24) is 0 Å². The summed E-state index contributed by atoms with van der Waals surface area (Å²) in [5.41, 5.74) is 7.36. The monoisotopic (exact) mass is 283 g/mol. The van der Waals surface area contributed by atoms with Crippen molar-refractivity contribution in [1.29, 1.82) is 0 Å². The van der Waals surface area contributed by atoms with Crippen LogP contribution in [-0.2, 0) is 6.42 Å². The van der Waals surface area contributed by atoms with E-state index in [1.165, 1.54) is 5.56 Å². The number of nitrogens with two attached hydrogens (primary N) is 1. The second-order valence-corrected chi connectivity index (χ2v) is 5.48. The van der Waals surface area contributed by atoms with E-state index < -0.39 is 0 Å². The minimum absolute atomic E-state index is 0.0201. The Morgan fingerprint density at radius 3 is 2.44 bits per heavy atom. The van der Waals surface area contributed by atoms with E-state index >= 15 is 0 Å². The highest BCUT2D eigenvalue weighted by atomic mass is 79.9. The van der Waals surface area contributed by atoms with Crippen molar-refractivity contribution < 1.29 is 9.47 Å². The molecule has 0 radical (unpaired) electrons. The number of rotatable bonds is 2. The van der Waals surface area contributed by atoms with Gasteiger partial charge in [0.1, 0.15) is 13.2 Å². The Kier molecular flexibility index (Phi) is 2.37. The van der Waals surface area contributed by atoms with Crippen LogP contribution >= 0.6 is 15.9 Å². The van der Waals surface area contributed by atoms with Gasteiger partial charge in [-0.15, -0.1) is 0 Å². The molecule has 1 fully saturated rings. The van der Waals surface area contributed by atoms with E-state index in [0.29, 0.717) is 13.2 Å². The maximum absolute atomic E-state index is 6.13. The van der Waals surface area contributed by atoms with Crippen LogP contribution in [0.25, 0.3) is 0 Å². The summed E-state index contributed by atoms with van der Waals surface area (Å²) in [5, 5.41) is 0. The fourth-order valence-electron chi connectivity index (χ4n) is 1.96. The van der Waals surface area contributed by atoms with E-state index in [0.717, 1.165) is 35.2 Å². The van der Waals surface area contributed by atoms with Gasteiger partial charge in [-0.3, -0.25) is 0 Å². The Labute approximate surface area is 103 Å². The highest BCUT2D eigenvalue weighted by Gasteiger charge is 2.38. The lowest BCUT2D eigenvalue weighted by Crippen LogP contribution is -2.25. The van der Waals surface area contributed by atoms with Gasteiger partial charge in [-0.25, -0.2) is 0 Å². The zero-order chi connectivity index (χ0) is 11.2. The summed E-state index contributed by atoms with van der Waals surface area (Å²) < 4.78 is 12.1. The van der Waals surface area contributed by atoms with E-state index in [4.69, 9.17) is 15.2 Å². The maximum atomic E-state index is 6.13. The first kappa shape index (κ1) is 10.4. The molecule has 1 saturated carbocycles. The maximum Gasteiger partial charge on any atom is 0.162 e. The van der Waals surface area contributed by atoms with Crippen molar-refractivity contribution >= 4 is 15.9 Å². The summed E-state index contributed by atoms with van der Waals surface area (Å²) in [7, 11) is 0. The number of ether oxygens (including phenoxy) is 2. The predicted octanol–water partition coefficient (Wildman–Crippen LogP) is 2.25. The van der Waals surface area contributed by atoms with Crippen molar-refractivity contribution in [3.05, 3.63) is 22.2 Å². The van der Waals surface area contributed by atoms with Crippen molar-refractivity contribution in [3.8, 4) is 11.5 Å². The molecule has 0 spiro atoms. The predicted molar refractivity (Wildman–Crippen MR) is 65.0 cm³/mol. The van der Waals surface area contributed by atoms with Crippen LogP contribution in [0, 0.1) is 0 Å². The Hall–Kier alpha value is -0.740. The Morgan fingerprint density at radius 1 is 1.19 bits per heavy atom. The molecule has 1 aliphatic heterocycles. The van der Waals surface area contributed by atoms with Gasteiger partial charge in [0, 0.05) is 10.0 Å². The van der Waals surface area contributed by atoms with Crippen LogP contribution in [0.15, 0.2) is 16.6 Å². The molecule has 1 aromatic rings. The largest absolute Gasteiger partial charge is 0.486 e. The number of halogens is 1. The Morgan fingerprint density at radius 2 is 1.81 bits per heavy atom. The minimum atomic E-state index is 0.0201. The molecule has 0 bridgehead atoms. The van der Waals surface area contributed by atoms with E-state index in [9.17, 15) is 0 Å². The molecular weight excluding hydrogens is 270 g/mol. The van der Waals surface area contributed by atoms with Crippen molar-refractivity contribution in [3.63, 3.8) is 0 Å². The van der Waals surface area contributed by atoms with E-state index in [1.54, 1.807) is 0 Å². The number of fused-ring (bicyclic) bond motifs is 1. The molecule has 1 aromatic carbocycles. The average Bonchev–Trinajstić information content (AvgIpc) is 2.97. The number of hydrogen-bond donors (Lipinski definition) is 1. The van der Waals surface area contributed by atoms with E-state index in [-0.39, 0.29) is 5.54 Å². The summed E-state index contributed by atoms with van der Waals surface area (Å²) >= 11 is 3.56. The Balaban J connectivity index is 1.92. The third-order valence-corrected chi connectivity index (χ3v) is 3.88. The highest BCUT2D eigenvalue weighted by Crippen LogP contribution is 2.41. The lowest BCUT2D eigenvalue weighted by Gasteiger charge is -2.20. The van der Waals surface area contributed by atoms with Gasteiger partial charge in [0.25, 0.3) is 0 Å². The first-order valence-electron chi connectivity index (χ1n) is 5.53. The van der Waals surface area contributed by atoms with Crippen LogP contribution in [0.1, 0.15) is 18.4 Å². The van der Waals surface area contributed by atoms with E-state index in [2.05, 4.69) is 15.9 Å². The fourth-order valence-corrected chi connectivity index (χ4v) is 2.42. The van der Waals surface area contributed by atoms with Crippen molar-refractivity contribution in [2.75, 3.05) is 13.2 Å². The second kappa shape index (κ2) is 3.64. The fraction of sp³-hybridized carbons (Fsp3) is 0.500. The molecule has 3 rings (SSSR count). The molecule has 4 heteroatoms. The molecule has 0 saturated heterocycles. The van der Waals surface area contributed by atoms with Gasteiger partial charge in [-0.2, -0.15) is 0 Å². The van der Waals surface area contributed by atoms with Crippen molar-refractivity contribution in [2.45, 2.75) is 24.8 Å². The summed E-state index contributed by atoms with van der Waals surface area (Å²) in [6.07, 6.45) is 3.14. The van der Waals surface area contributed by atoms with Crippen LogP contribution < -0.4 is 15.2 Å². The SMILES string of the molecule is NC1(Cc2cc3c(cc2Br)OCCO3)CC1. The van der Waals surface area contributed by atoms with E-state index in [1.807, 2.05) is 12.1 Å². The van der Waals surface area contributed by atoms with Crippen LogP contribution in [0.4, 0.5) is 0 Å². The normalized spacial score (nSPS) is 20.6. The zero-order valence-corrected chi connectivity index (χ0v) is 10.5. The van der Waals surface area contributed by atoms with Crippen LogP contribution in [0.5, 0.6) is 11.5 Å². The summed E-state index contributed by atoms with van der Waals surface area (Å²) in [5.74, 6) is 1.66. The lowest BCUT2D eigenvalue weighted by atomic mass is 10.0. The van der Waals surface area contributed by atoms with Crippen LogP contribution in [0.2, 0.25) is 0 Å². The molecule has 16 heavy (non-hydrogen) atoms. The quantitative estimate of drug-likeness (QED) is 0.906. The first-order valence-corrected chi connectivity index (χ1v) is 6.33. The standard InChI is InChI=1S/C12H14BrNO2/c13-9-6-11-10(15-3-4-16-11)5-8(9)7-12(14)1-2-12/h5-6H,1-4,7,14H2. The summed E-state index contributed by atoms with van der Waals surface area (Å²) in [6, 6.07) is 4.03. The van der Waals surface area contributed by atoms with Gasteiger partial charge in [-0.05, 0) is 37.0 Å². The average molecular weight is 284 g/mol. The first-order chi connectivity index (χ1) is 7.66. The number of hydrogen-bond acceptors (Lipinski definition) is 3. The smallest absolute Gasteiger partial charge is 0.162 e. The molecule has 0 unspecified atom stereocenters. The molecule has 3 nitrogen and oxygen atoms in total. The molecule has 2 N–H and O–H groups in total. The molecule has 0 atom stereocenters. The third kappa shape index (κ3) is 1.92. The molecule has 1 aliphatic carbocycles. The summed E-state index contributed by atoms with van der Waals surface area (Å²) in [4.78, 5) is 0. The topological polar surface area (TPSA) is 44.5 Å². The highest BCUT2D eigenvalue weighted by molar-refractivity contribution is 9.10. The van der Waals surface area contributed by atoms with Gasteiger partial charge < -0.3 is 15.2 Å². The zero-order valence-electron chi connectivity index (χ0n) is 8.96. The molecule has 86 valence electrons. The number of benzene rings is 1. The lowest BCUT2D eigenvalue weighted by molar-refractivity contribution is 0.171. The van der Waals surface area contributed by atoms with Crippen LogP contribution in [-0.4, -0.2) is 18.8 Å². The molecule has 2 aliphatic rings. The van der Waals surface area contributed by atoms with Gasteiger partial charge >= 0.3 is 0 Å². The third-order valence-electron chi connectivity index (χ3n) is 3.15. The summed E-state index contributed by atoms with van der Waals surface area (Å²) in [6.45, 7) is 1.25. The minimum Gasteiger partial charge on any atom is -0.486 e. The van der Waals surface area contributed by atoms with Gasteiger partial charge in [-0.1, -0.05) is 15.9 Å². The van der Waals surface area contributed by atoms with Crippen molar-refractivity contribution in [2.24, 2.45) is 5.73 Å². The molecule has 0 amide bonds.